The molecule has 0 radical (unpaired) electrons. The van der Waals surface area contributed by atoms with Crippen LogP contribution in [0.2, 0.25) is 0 Å². The van der Waals surface area contributed by atoms with Crippen molar-refractivity contribution in [2.75, 3.05) is 11.8 Å². The second kappa shape index (κ2) is 5.84. The number of methoxy groups -OCH3 is 1. The van der Waals surface area contributed by atoms with Gasteiger partial charge in [0.05, 0.1) is 18.0 Å². The van der Waals surface area contributed by atoms with Gasteiger partial charge in [-0.3, -0.25) is 4.72 Å². The summed E-state index contributed by atoms with van der Waals surface area (Å²) in [5, 5.41) is 10.6. The Balaban J connectivity index is 2.22. The molecule has 2 rings (SSSR count). The van der Waals surface area contributed by atoms with E-state index >= 15 is 0 Å². The molecule has 0 fully saturated rings. The molecule has 2 aromatic rings. The van der Waals surface area contributed by atoms with Gasteiger partial charge in [-0.15, -0.1) is 0 Å². The number of carboxylic acid groups (broad SMARTS) is 1. The van der Waals surface area contributed by atoms with Crippen LogP contribution in [0.1, 0.15) is 10.4 Å². The van der Waals surface area contributed by atoms with Crippen molar-refractivity contribution in [2.24, 2.45) is 0 Å². The smallest absolute Gasteiger partial charge is 0.261 e. The van der Waals surface area contributed by atoms with Gasteiger partial charge in [-0.05, 0) is 42.0 Å². The molecule has 0 aliphatic heterocycles. The topological polar surface area (TPSA) is 95.5 Å². The Labute approximate surface area is 122 Å². The number of nitrogens with one attached hydrogen (secondary N) is 1. The number of aromatic carboxylic acids is 1. The van der Waals surface area contributed by atoms with E-state index in [1.807, 2.05) is 0 Å². The zero-order valence-corrected chi connectivity index (χ0v) is 11.9. The molecule has 0 saturated carbocycles. The van der Waals surface area contributed by atoms with Crippen molar-refractivity contribution >= 4 is 21.7 Å². The minimum Gasteiger partial charge on any atom is -0.545 e. The van der Waals surface area contributed by atoms with E-state index in [9.17, 15) is 18.3 Å². The summed E-state index contributed by atoms with van der Waals surface area (Å²) in [5.41, 5.74) is 0.290. The van der Waals surface area contributed by atoms with Crippen molar-refractivity contribution in [2.45, 2.75) is 4.90 Å². The van der Waals surface area contributed by atoms with E-state index in [0.717, 1.165) is 0 Å². The van der Waals surface area contributed by atoms with Crippen LogP contribution in [-0.4, -0.2) is 21.5 Å². The van der Waals surface area contributed by atoms with Crippen LogP contribution in [0.15, 0.2) is 53.4 Å². The number of carbonyl (C=O) groups is 1. The van der Waals surface area contributed by atoms with Gasteiger partial charge in [0.1, 0.15) is 5.75 Å². The molecule has 0 spiro atoms. The Morgan fingerprint density at radius 1 is 1.05 bits per heavy atom. The summed E-state index contributed by atoms with van der Waals surface area (Å²) in [5.74, 6) is -0.752. The highest BCUT2D eigenvalue weighted by Gasteiger charge is 2.14. The number of sulfonamides is 1. The van der Waals surface area contributed by atoms with E-state index in [-0.39, 0.29) is 10.5 Å². The molecule has 0 aromatic heterocycles. The third-order valence-electron chi connectivity index (χ3n) is 2.74. The molecule has 0 aliphatic rings. The summed E-state index contributed by atoms with van der Waals surface area (Å²) in [7, 11) is -2.27. The van der Waals surface area contributed by atoms with Gasteiger partial charge in [-0.25, -0.2) is 8.42 Å². The molecule has 6 nitrogen and oxygen atoms in total. The molecule has 0 aliphatic carbocycles. The molecule has 0 heterocycles. The van der Waals surface area contributed by atoms with Crippen LogP contribution in [0.25, 0.3) is 0 Å². The Morgan fingerprint density at radius 3 is 2.10 bits per heavy atom. The maximum Gasteiger partial charge on any atom is 0.261 e. The maximum absolute atomic E-state index is 12.1. The number of hydrogen-bond donors (Lipinski definition) is 1. The summed E-state index contributed by atoms with van der Waals surface area (Å²) in [6, 6.07) is 11.1. The third-order valence-corrected chi connectivity index (χ3v) is 4.14. The highest BCUT2D eigenvalue weighted by atomic mass is 32.2. The van der Waals surface area contributed by atoms with Crippen LogP contribution in [0.5, 0.6) is 5.75 Å². The van der Waals surface area contributed by atoms with E-state index in [0.29, 0.717) is 11.4 Å². The van der Waals surface area contributed by atoms with Gasteiger partial charge in [-0.2, -0.15) is 0 Å². The summed E-state index contributed by atoms with van der Waals surface area (Å²) >= 11 is 0. The lowest BCUT2D eigenvalue weighted by Crippen LogP contribution is -2.22. The largest absolute Gasteiger partial charge is 0.545 e. The van der Waals surface area contributed by atoms with E-state index in [2.05, 4.69) is 4.72 Å². The molecular formula is C14H12NO5S-. The van der Waals surface area contributed by atoms with Gasteiger partial charge in [0.2, 0.25) is 0 Å². The van der Waals surface area contributed by atoms with E-state index in [1.54, 1.807) is 24.3 Å². The monoisotopic (exact) mass is 306 g/mol. The predicted molar refractivity (Wildman–Crippen MR) is 74.6 cm³/mol. The Kier molecular flexibility index (Phi) is 4.13. The fraction of sp³-hybridized carbons (Fsp3) is 0.0714. The van der Waals surface area contributed by atoms with E-state index < -0.39 is 16.0 Å². The SMILES string of the molecule is COc1ccc(NS(=O)(=O)c2ccc(C(=O)[O-])cc2)cc1. The zero-order chi connectivity index (χ0) is 15.5. The van der Waals surface area contributed by atoms with Crippen LogP contribution < -0.4 is 14.6 Å². The Hall–Kier alpha value is -2.54. The molecule has 2 aromatic carbocycles. The number of benzene rings is 2. The first-order chi connectivity index (χ1) is 9.92. The lowest BCUT2D eigenvalue weighted by atomic mass is 10.2. The fourth-order valence-corrected chi connectivity index (χ4v) is 2.70. The van der Waals surface area contributed by atoms with Crippen molar-refractivity contribution in [3.05, 3.63) is 54.1 Å². The number of rotatable bonds is 5. The molecule has 110 valence electrons. The number of hydrogen-bond acceptors (Lipinski definition) is 5. The van der Waals surface area contributed by atoms with Crippen LogP contribution in [0.4, 0.5) is 5.69 Å². The molecular weight excluding hydrogens is 294 g/mol. The summed E-state index contributed by atoms with van der Waals surface area (Å²) in [4.78, 5) is 10.6. The van der Waals surface area contributed by atoms with Crippen molar-refractivity contribution in [1.82, 2.24) is 0 Å². The summed E-state index contributed by atoms with van der Waals surface area (Å²) in [6.07, 6.45) is 0. The lowest BCUT2D eigenvalue weighted by molar-refractivity contribution is -0.255. The molecule has 0 unspecified atom stereocenters. The molecule has 21 heavy (non-hydrogen) atoms. The average Bonchev–Trinajstić information content (AvgIpc) is 2.48. The standard InChI is InChI=1S/C14H13NO5S/c1-20-12-6-4-11(5-7-12)15-21(18,19)13-8-2-10(3-9-13)14(16)17/h2-9,15H,1H3,(H,16,17)/p-1. The fourth-order valence-electron chi connectivity index (χ4n) is 1.64. The zero-order valence-electron chi connectivity index (χ0n) is 11.1. The highest BCUT2D eigenvalue weighted by Crippen LogP contribution is 2.19. The van der Waals surface area contributed by atoms with Gasteiger partial charge in [0.25, 0.3) is 10.0 Å². The summed E-state index contributed by atoms with van der Waals surface area (Å²) < 4.78 is 31.6. The molecule has 7 heteroatoms. The van der Waals surface area contributed by atoms with Crippen molar-refractivity contribution < 1.29 is 23.1 Å². The van der Waals surface area contributed by atoms with Crippen LogP contribution in [-0.2, 0) is 10.0 Å². The number of carbonyl (C=O) groups excluding carboxylic acids is 1. The minimum atomic E-state index is -3.78. The van der Waals surface area contributed by atoms with E-state index in [4.69, 9.17) is 4.74 Å². The van der Waals surface area contributed by atoms with Crippen molar-refractivity contribution in [3.63, 3.8) is 0 Å². The van der Waals surface area contributed by atoms with Gasteiger partial charge >= 0.3 is 0 Å². The maximum atomic E-state index is 12.1. The van der Waals surface area contributed by atoms with Gasteiger partial charge in [-0.1, -0.05) is 12.1 Å². The molecule has 0 bridgehead atoms. The van der Waals surface area contributed by atoms with Crippen LogP contribution in [0.3, 0.4) is 0 Å². The van der Waals surface area contributed by atoms with Crippen LogP contribution >= 0.6 is 0 Å². The Bertz CT molecular complexity index is 736. The summed E-state index contributed by atoms with van der Waals surface area (Å²) in [6.45, 7) is 0. The van der Waals surface area contributed by atoms with Crippen molar-refractivity contribution in [3.8, 4) is 5.75 Å². The first-order valence-electron chi connectivity index (χ1n) is 5.90. The second-order valence-corrected chi connectivity index (χ2v) is 5.83. The first-order valence-corrected chi connectivity index (χ1v) is 7.39. The normalized spacial score (nSPS) is 10.9. The molecule has 0 saturated heterocycles. The first kappa shape index (κ1) is 14.9. The van der Waals surface area contributed by atoms with Gasteiger partial charge in [0.15, 0.2) is 0 Å². The quantitative estimate of drug-likeness (QED) is 0.884. The van der Waals surface area contributed by atoms with E-state index in [1.165, 1.54) is 31.4 Å². The molecule has 0 atom stereocenters. The minimum absolute atomic E-state index is 0.0386. The van der Waals surface area contributed by atoms with Crippen LogP contribution in [0, 0.1) is 0 Å². The number of ether oxygens (including phenoxy) is 1. The lowest BCUT2D eigenvalue weighted by Gasteiger charge is -2.09. The third kappa shape index (κ3) is 3.51. The molecule has 1 N–H and O–H groups in total. The van der Waals surface area contributed by atoms with Crippen molar-refractivity contribution in [1.29, 1.82) is 0 Å². The molecule has 0 amide bonds. The van der Waals surface area contributed by atoms with Gasteiger partial charge < -0.3 is 14.6 Å². The number of carboxylic acids is 1. The number of anilines is 1. The predicted octanol–water partition coefficient (Wildman–Crippen LogP) is 0.859. The second-order valence-electron chi connectivity index (χ2n) is 4.15. The Morgan fingerprint density at radius 2 is 1.62 bits per heavy atom. The average molecular weight is 306 g/mol. The highest BCUT2D eigenvalue weighted by molar-refractivity contribution is 7.92. The van der Waals surface area contributed by atoms with Gasteiger partial charge in [0, 0.05) is 5.69 Å².